The van der Waals surface area contributed by atoms with Crippen LogP contribution in [-0.4, -0.2) is 15.5 Å². The Kier molecular flexibility index (Phi) is 3.58. The van der Waals surface area contributed by atoms with Crippen molar-refractivity contribution in [1.29, 1.82) is 0 Å². The van der Waals surface area contributed by atoms with Crippen molar-refractivity contribution in [3.05, 3.63) is 27.6 Å². The fraction of sp³-hybridized carbons (Fsp3) is 0.273. The quantitative estimate of drug-likeness (QED) is 0.672. The van der Waals surface area contributed by atoms with Crippen molar-refractivity contribution in [3.63, 3.8) is 0 Å². The van der Waals surface area contributed by atoms with Crippen molar-refractivity contribution < 1.29 is 4.79 Å². The van der Waals surface area contributed by atoms with Crippen LogP contribution in [0.2, 0.25) is 0 Å². The van der Waals surface area contributed by atoms with Gasteiger partial charge in [0.1, 0.15) is 12.4 Å². The van der Waals surface area contributed by atoms with Crippen molar-refractivity contribution in [2.24, 2.45) is 5.73 Å². The number of amides is 1. The highest BCUT2D eigenvalue weighted by atomic mass is 127. The third kappa shape index (κ3) is 2.55. The molecule has 2 aromatic rings. The number of imidazole rings is 1. The van der Waals surface area contributed by atoms with Crippen molar-refractivity contribution in [1.82, 2.24) is 9.55 Å². The molecule has 0 saturated carbocycles. The largest absolute Gasteiger partial charge is 0.368 e. The van der Waals surface area contributed by atoms with E-state index in [1.807, 2.05) is 25.1 Å². The van der Waals surface area contributed by atoms with Crippen LogP contribution in [0.1, 0.15) is 18.1 Å². The Balaban J connectivity index is 2.66. The molecule has 1 aromatic heterocycles. The Morgan fingerprint density at radius 2 is 2.35 bits per heavy atom. The molecule has 90 valence electrons. The van der Waals surface area contributed by atoms with Crippen molar-refractivity contribution in [3.8, 4) is 0 Å². The molecule has 0 saturated heterocycles. The summed E-state index contributed by atoms with van der Waals surface area (Å²) in [5.74, 6) is 0.267. The van der Waals surface area contributed by atoms with Gasteiger partial charge in [0.2, 0.25) is 5.91 Å². The van der Waals surface area contributed by atoms with Gasteiger partial charge in [0.05, 0.1) is 16.4 Å². The molecule has 1 unspecified atom stereocenters. The number of aromatic nitrogens is 2. The number of nitrogens with zero attached hydrogens (tertiary/aromatic N) is 2. The van der Waals surface area contributed by atoms with Gasteiger partial charge in [-0.1, -0.05) is 0 Å². The van der Waals surface area contributed by atoms with E-state index in [2.05, 4.69) is 27.6 Å². The molecule has 4 nitrogen and oxygen atoms in total. The third-order valence-corrected chi connectivity index (χ3v) is 3.28. The molecule has 0 bridgehead atoms. The molecule has 2 N–H and O–H groups in total. The predicted octanol–water partition coefficient (Wildman–Crippen LogP) is 2.43. The van der Waals surface area contributed by atoms with Gasteiger partial charge in [0.15, 0.2) is 0 Å². The van der Waals surface area contributed by atoms with Crippen LogP contribution in [0.5, 0.6) is 0 Å². The molecule has 2 rings (SSSR count). The molecule has 1 amide bonds. The molecule has 0 aliphatic rings. The maximum atomic E-state index is 11.1. The van der Waals surface area contributed by atoms with Gasteiger partial charge >= 0.3 is 0 Å². The number of hydrogen-bond acceptors (Lipinski definition) is 2. The monoisotopic (exact) mass is 363 g/mol. The number of halogens is 2. The van der Waals surface area contributed by atoms with E-state index in [4.69, 9.17) is 17.3 Å². The Morgan fingerprint density at radius 1 is 1.65 bits per heavy atom. The van der Waals surface area contributed by atoms with Crippen LogP contribution in [0.3, 0.4) is 0 Å². The van der Waals surface area contributed by atoms with Gasteiger partial charge in [0.25, 0.3) is 0 Å². The smallest absolute Gasteiger partial charge is 0.237 e. The van der Waals surface area contributed by atoms with Crippen LogP contribution in [0, 0.1) is 3.57 Å². The number of alkyl halides is 1. The van der Waals surface area contributed by atoms with E-state index in [1.165, 1.54) is 0 Å². The summed E-state index contributed by atoms with van der Waals surface area (Å²) in [6.07, 6.45) is 0. The molecule has 1 heterocycles. The van der Waals surface area contributed by atoms with E-state index in [1.54, 1.807) is 4.57 Å². The number of carbonyl (C=O) groups is 1. The summed E-state index contributed by atoms with van der Waals surface area (Å²) < 4.78 is 2.86. The molecule has 6 heteroatoms. The lowest BCUT2D eigenvalue weighted by atomic mass is 10.3. The minimum Gasteiger partial charge on any atom is -0.368 e. The average molecular weight is 364 g/mol. The zero-order valence-corrected chi connectivity index (χ0v) is 12.1. The maximum absolute atomic E-state index is 11.1. The fourth-order valence-corrected chi connectivity index (χ4v) is 2.39. The number of fused-ring (bicyclic) bond motifs is 1. The zero-order chi connectivity index (χ0) is 12.6. The summed E-state index contributed by atoms with van der Waals surface area (Å²) in [5.41, 5.74) is 6.96. The van der Waals surface area contributed by atoms with Crippen LogP contribution >= 0.6 is 34.2 Å². The second-order valence-corrected chi connectivity index (χ2v) is 5.67. The van der Waals surface area contributed by atoms with Gasteiger partial charge in [-0.15, -0.1) is 11.6 Å². The summed E-state index contributed by atoms with van der Waals surface area (Å²) >= 11 is 8.28. The van der Waals surface area contributed by atoms with Crippen LogP contribution < -0.4 is 5.73 Å². The molecule has 0 fully saturated rings. The Morgan fingerprint density at radius 3 is 2.94 bits per heavy atom. The number of nitrogens with two attached hydrogens (primary N) is 1. The predicted molar refractivity (Wildman–Crippen MR) is 75.9 cm³/mol. The minimum absolute atomic E-state index is 0.101. The van der Waals surface area contributed by atoms with E-state index in [-0.39, 0.29) is 11.9 Å². The average Bonchev–Trinajstić information content (AvgIpc) is 2.55. The minimum atomic E-state index is -0.401. The van der Waals surface area contributed by atoms with Crippen LogP contribution in [0.4, 0.5) is 0 Å². The molecular formula is C11H11ClIN3O. The topological polar surface area (TPSA) is 60.9 Å². The van der Waals surface area contributed by atoms with Gasteiger partial charge in [-0.3, -0.25) is 4.79 Å². The van der Waals surface area contributed by atoms with E-state index in [9.17, 15) is 4.79 Å². The van der Waals surface area contributed by atoms with Gasteiger partial charge in [0, 0.05) is 3.57 Å². The molecule has 1 atom stereocenters. The second kappa shape index (κ2) is 4.81. The summed E-state index contributed by atoms with van der Waals surface area (Å²) in [6, 6.07) is 5.84. The first kappa shape index (κ1) is 12.6. The first-order chi connectivity index (χ1) is 7.99. The molecule has 0 aliphatic heterocycles. The summed E-state index contributed by atoms with van der Waals surface area (Å²) in [4.78, 5) is 15.5. The number of primary amides is 1. The highest BCUT2D eigenvalue weighted by Gasteiger charge is 2.16. The lowest BCUT2D eigenvalue weighted by Crippen LogP contribution is -2.20. The number of benzene rings is 1. The Labute approximate surface area is 117 Å². The molecule has 0 radical (unpaired) electrons. The van der Waals surface area contributed by atoms with Gasteiger partial charge in [-0.05, 0) is 47.7 Å². The van der Waals surface area contributed by atoms with E-state index < -0.39 is 5.91 Å². The zero-order valence-electron chi connectivity index (χ0n) is 9.15. The van der Waals surface area contributed by atoms with Crippen LogP contribution in [0.25, 0.3) is 11.0 Å². The van der Waals surface area contributed by atoms with Crippen molar-refractivity contribution in [2.75, 3.05) is 0 Å². The fourth-order valence-electron chi connectivity index (χ4n) is 1.75. The normalized spacial score (nSPS) is 12.9. The van der Waals surface area contributed by atoms with Crippen LogP contribution in [0.15, 0.2) is 18.2 Å². The summed E-state index contributed by atoms with van der Waals surface area (Å²) in [7, 11) is 0. The molecule has 1 aromatic carbocycles. The molecule has 17 heavy (non-hydrogen) atoms. The molecule has 0 aliphatic carbocycles. The third-order valence-electron chi connectivity index (χ3n) is 2.41. The van der Waals surface area contributed by atoms with Gasteiger partial charge in [-0.25, -0.2) is 4.98 Å². The van der Waals surface area contributed by atoms with Gasteiger partial charge in [-0.2, -0.15) is 0 Å². The standard InChI is InChI=1S/C11H11ClIN3O/c1-6(12)11-15-8-4-7(13)2-3-9(8)16(11)5-10(14)17/h2-4,6H,5H2,1H3,(H2,14,17). The summed E-state index contributed by atoms with van der Waals surface area (Å²) in [5, 5.41) is -0.264. The lowest BCUT2D eigenvalue weighted by Gasteiger charge is -2.07. The van der Waals surface area contributed by atoms with E-state index in [0.717, 1.165) is 14.6 Å². The highest BCUT2D eigenvalue weighted by Crippen LogP contribution is 2.25. The Bertz CT molecular complexity index is 579. The first-order valence-corrected chi connectivity index (χ1v) is 6.58. The SMILES string of the molecule is CC(Cl)c1nc2cc(I)ccc2n1CC(N)=O. The highest BCUT2D eigenvalue weighted by molar-refractivity contribution is 14.1. The van der Waals surface area contributed by atoms with Gasteiger partial charge < -0.3 is 10.3 Å². The lowest BCUT2D eigenvalue weighted by molar-refractivity contribution is -0.118. The van der Waals surface area contributed by atoms with E-state index >= 15 is 0 Å². The van der Waals surface area contributed by atoms with Crippen molar-refractivity contribution in [2.45, 2.75) is 18.8 Å². The summed E-state index contributed by atoms with van der Waals surface area (Å²) in [6.45, 7) is 1.93. The van der Waals surface area contributed by atoms with Crippen molar-refractivity contribution >= 4 is 51.1 Å². The molecular weight excluding hydrogens is 352 g/mol. The number of rotatable bonds is 3. The second-order valence-electron chi connectivity index (χ2n) is 3.77. The first-order valence-electron chi connectivity index (χ1n) is 5.07. The maximum Gasteiger partial charge on any atom is 0.237 e. The molecule has 0 spiro atoms. The van der Waals surface area contributed by atoms with E-state index in [0.29, 0.717) is 5.82 Å². The number of hydrogen-bond donors (Lipinski definition) is 1. The van der Waals surface area contributed by atoms with Crippen LogP contribution in [-0.2, 0) is 11.3 Å². The number of carbonyl (C=O) groups excluding carboxylic acids is 1. The Hall–Kier alpha value is -0.820.